The van der Waals surface area contributed by atoms with E-state index < -0.39 is 25.9 Å². The Hall–Kier alpha value is -1.23. The van der Waals surface area contributed by atoms with Crippen LogP contribution in [0.1, 0.15) is 13.8 Å². The Labute approximate surface area is 130 Å². The van der Waals surface area contributed by atoms with E-state index in [0.717, 1.165) is 18.2 Å². The average Bonchev–Trinajstić information content (AvgIpc) is 2.46. The van der Waals surface area contributed by atoms with Crippen LogP contribution in [-0.2, 0) is 20.0 Å². The van der Waals surface area contributed by atoms with Gasteiger partial charge in [-0.1, -0.05) is 0 Å². The third kappa shape index (κ3) is 5.20. The number of anilines is 1. The van der Waals surface area contributed by atoms with Crippen LogP contribution in [0, 0.1) is 5.82 Å². The third-order valence-corrected chi connectivity index (χ3v) is 5.68. The van der Waals surface area contributed by atoms with Gasteiger partial charge in [-0.05, 0) is 39.1 Å². The molecule has 10 heteroatoms. The highest BCUT2D eigenvalue weighted by Crippen LogP contribution is 2.20. The van der Waals surface area contributed by atoms with E-state index in [1.165, 1.54) is 6.92 Å². The molecule has 1 aromatic rings. The van der Waals surface area contributed by atoms with Gasteiger partial charge in [0.25, 0.3) is 0 Å². The molecule has 0 aliphatic heterocycles. The van der Waals surface area contributed by atoms with Crippen molar-refractivity contribution in [2.75, 3.05) is 24.1 Å². The number of benzene rings is 1. The molecule has 1 atom stereocenters. The molecule has 0 aliphatic rings. The zero-order chi connectivity index (χ0) is 17.0. The molecule has 0 saturated carbocycles. The van der Waals surface area contributed by atoms with Crippen molar-refractivity contribution in [1.82, 2.24) is 10.0 Å². The molecule has 0 aliphatic carbocycles. The molecule has 1 aromatic carbocycles. The Kier molecular flexibility index (Phi) is 6.29. The van der Waals surface area contributed by atoms with Crippen molar-refractivity contribution in [3.05, 3.63) is 24.0 Å². The summed E-state index contributed by atoms with van der Waals surface area (Å²) in [5.41, 5.74) is -0.288. The Morgan fingerprint density at radius 2 is 1.86 bits per heavy atom. The number of likely N-dealkylation sites (N-methyl/N-ethyl adjacent to an activating group) is 1. The molecule has 0 amide bonds. The van der Waals surface area contributed by atoms with Gasteiger partial charge in [0.1, 0.15) is 5.82 Å². The molecule has 0 bridgehead atoms. The minimum Gasteiger partial charge on any atom is -0.316 e. The second-order valence-corrected chi connectivity index (χ2v) is 8.47. The summed E-state index contributed by atoms with van der Waals surface area (Å²) in [5, 5.41) is 2.86. The van der Waals surface area contributed by atoms with E-state index >= 15 is 0 Å². The number of sulfonamides is 2. The molecule has 0 heterocycles. The minimum atomic E-state index is -3.86. The minimum absolute atomic E-state index is 0.0877. The molecule has 22 heavy (non-hydrogen) atoms. The SMILES string of the molecule is CCS(=O)(=O)Nc1ccc(S(=O)(=O)NCC(C)NC)cc1F. The van der Waals surface area contributed by atoms with Gasteiger partial charge >= 0.3 is 0 Å². The smallest absolute Gasteiger partial charge is 0.240 e. The zero-order valence-corrected chi connectivity index (χ0v) is 14.2. The monoisotopic (exact) mass is 353 g/mol. The van der Waals surface area contributed by atoms with Crippen LogP contribution in [0.25, 0.3) is 0 Å². The highest BCUT2D eigenvalue weighted by molar-refractivity contribution is 7.92. The maximum Gasteiger partial charge on any atom is 0.240 e. The van der Waals surface area contributed by atoms with Crippen LogP contribution < -0.4 is 14.8 Å². The van der Waals surface area contributed by atoms with Gasteiger partial charge in [-0.3, -0.25) is 4.72 Å². The van der Waals surface area contributed by atoms with E-state index in [-0.39, 0.29) is 28.9 Å². The number of halogens is 1. The van der Waals surface area contributed by atoms with Gasteiger partial charge in [0.15, 0.2) is 0 Å². The largest absolute Gasteiger partial charge is 0.316 e. The van der Waals surface area contributed by atoms with Crippen molar-refractivity contribution in [2.45, 2.75) is 24.8 Å². The quantitative estimate of drug-likeness (QED) is 0.630. The molecular weight excluding hydrogens is 333 g/mol. The maximum absolute atomic E-state index is 13.9. The lowest BCUT2D eigenvalue weighted by atomic mass is 10.3. The van der Waals surface area contributed by atoms with Crippen molar-refractivity contribution in [2.24, 2.45) is 0 Å². The van der Waals surface area contributed by atoms with E-state index in [2.05, 4.69) is 10.0 Å². The Balaban J connectivity index is 2.97. The second kappa shape index (κ2) is 7.36. The first-order chi connectivity index (χ1) is 10.1. The molecule has 0 radical (unpaired) electrons. The second-order valence-electron chi connectivity index (χ2n) is 4.69. The first-order valence-electron chi connectivity index (χ1n) is 6.58. The lowest BCUT2D eigenvalue weighted by Gasteiger charge is -2.13. The van der Waals surface area contributed by atoms with E-state index in [0.29, 0.717) is 0 Å². The molecule has 0 spiro atoms. The number of hydrogen-bond donors (Lipinski definition) is 3. The number of rotatable bonds is 8. The summed E-state index contributed by atoms with van der Waals surface area (Å²) in [5.74, 6) is -1.17. The highest BCUT2D eigenvalue weighted by Gasteiger charge is 2.18. The van der Waals surface area contributed by atoms with E-state index in [1.807, 2.05) is 4.72 Å². The summed E-state index contributed by atoms with van der Waals surface area (Å²) in [7, 11) is -5.80. The summed E-state index contributed by atoms with van der Waals surface area (Å²) in [6.45, 7) is 3.34. The fourth-order valence-electron chi connectivity index (χ4n) is 1.41. The number of nitrogens with one attached hydrogen (secondary N) is 3. The molecule has 126 valence electrons. The summed E-state index contributed by atoms with van der Waals surface area (Å²) >= 11 is 0. The molecule has 1 unspecified atom stereocenters. The van der Waals surface area contributed by atoms with Crippen molar-refractivity contribution >= 4 is 25.7 Å². The van der Waals surface area contributed by atoms with Crippen LogP contribution in [0.15, 0.2) is 23.1 Å². The first kappa shape index (κ1) is 18.8. The summed E-state index contributed by atoms with van der Waals surface area (Å²) < 4.78 is 65.1. The fourth-order valence-corrected chi connectivity index (χ4v) is 3.19. The van der Waals surface area contributed by atoms with Crippen LogP contribution in [0.5, 0.6) is 0 Å². The molecule has 1 rings (SSSR count). The van der Waals surface area contributed by atoms with Crippen LogP contribution in [0.2, 0.25) is 0 Å². The maximum atomic E-state index is 13.9. The molecule has 0 saturated heterocycles. The Morgan fingerprint density at radius 1 is 1.23 bits per heavy atom. The highest BCUT2D eigenvalue weighted by atomic mass is 32.2. The normalized spacial score (nSPS) is 13.8. The van der Waals surface area contributed by atoms with Crippen LogP contribution >= 0.6 is 0 Å². The third-order valence-electron chi connectivity index (χ3n) is 2.97. The van der Waals surface area contributed by atoms with Gasteiger partial charge in [-0.2, -0.15) is 0 Å². The standard InChI is InChI=1S/C12H20FN3O4S2/c1-4-21(17,18)16-12-6-5-10(7-11(12)13)22(19,20)15-8-9(2)14-3/h5-7,9,14-16H,4,8H2,1-3H3. The van der Waals surface area contributed by atoms with Crippen molar-refractivity contribution in [1.29, 1.82) is 0 Å². The van der Waals surface area contributed by atoms with Gasteiger partial charge in [0.05, 0.1) is 16.3 Å². The van der Waals surface area contributed by atoms with Gasteiger partial charge in [0.2, 0.25) is 20.0 Å². The van der Waals surface area contributed by atoms with Gasteiger partial charge in [-0.15, -0.1) is 0 Å². The lowest BCUT2D eigenvalue weighted by Crippen LogP contribution is -2.37. The molecule has 0 fully saturated rings. The van der Waals surface area contributed by atoms with Crippen molar-refractivity contribution < 1.29 is 21.2 Å². The van der Waals surface area contributed by atoms with Crippen molar-refractivity contribution in [3.63, 3.8) is 0 Å². The van der Waals surface area contributed by atoms with E-state index in [9.17, 15) is 21.2 Å². The molecule has 3 N–H and O–H groups in total. The predicted octanol–water partition coefficient (Wildman–Crippen LogP) is 0.473. The van der Waals surface area contributed by atoms with E-state index in [1.54, 1.807) is 14.0 Å². The summed E-state index contributed by atoms with van der Waals surface area (Å²) in [6.07, 6.45) is 0. The van der Waals surface area contributed by atoms with Crippen LogP contribution in [0.3, 0.4) is 0 Å². The summed E-state index contributed by atoms with van der Waals surface area (Å²) in [6, 6.07) is 2.91. The van der Waals surface area contributed by atoms with Crippen LogP contribution in [0.4, 0.5) is 10.1 Å². The first-order valence-corrected chi connectivity index (χ1v) is 9.72. The van der Waals surface area contributed by atoms with Crippen molar-refractivity contribution in [3.8, 4) is 0 Å². The predicted molar refractivity (Wildman–Crippen MR) is 83.2 cm³/mol. The molecule has 0 aromatic heterocycles. The molecular formula is C12H20FN3O4S2. The number of hydrogen-bond acceptors (Lipinski definition) is 5. The Bertz CT molecular complexity index is 720. The van der Waals surface area contributed by atoms with E-state index in [4.69, 9.17) is 0 Å². The van der Waals surface area contributed by atoms with Gasteiger partial charge in [0, 0.05) is 12.6 Å². The van der Waals surface area contributed by atoms with Gasteiger partial charge < -0.3 is 5.32 Å². The van der Waals surface area contributed by atoms with Crippen LogP contribution in [-0.4, -0.2) is 42.2 Å². The summed E-state index contributed by atoms with van der Waals surface area (Å²) in [4.78, 5) is -0.271. The topological polar surface area (TPSA) is 104 Å². The zero-order valence-electron chi connectivity index (χ0n) is 12.6. The lowest BCUT2D eigenvalue weighted by molar-refractivity contribution is 0.553. The fraction of sp³-hybridized carbons (Fsp3) is 0.500. The average molecular weight is 353 g/mol. The Morgan fingerprint density at radius 3 is 2.36 bits per heavy atom. The van der Waals surface area contributed by atoms with Gasteiger partial charge in [-0.25, -0.2) is 25.9 Å². The molecule has 7 nitrogen and oxygen atoms in total.